The summed E-state index contributed by atoms with van der Waals surface area (Å²) in [7, 11) is 0. The first-order valence-corrected chi connectivity index (χ1v) is 20.7. The topological polar surface area (TPSA) is 22.2 Å². The molecule has 3 heterocycles. The van der Waals surface area contributed by atoms with Crippen LogP contribution in [0.2, 0.25) is 0 Å². The van der Waals surface area contributed by atoms with Crippen molar-refractivity contribution < 1.29 is 0 Å². The first-order chi connectivity index (χ1) is 28.3. The maximum atomic E-state index is 5.83. The fourth-order valence-corrected chi connectivity index (χ4v) is 11.2. The molecule has 2 unspecified atom stereocenters. The van der Waals surface area contributed by atoms with E-state index in [9.17, 15) is 0 Å². The van der Waals surface area contributed by atoms with Crippen LogP contribution < -0.4 is 10.6 Å². The molecule has 0 fully saturated rings. The number of benzene rings is 8. The monoisotopic (exact) mass is 729 g/mol. The Hall–Kier alpha value is -6.71. The molecule has 270 valence electrons. The van der Waals surface area contributed by atoms with E-state index in [1.807, 2.05) is 0 Å². The maximum absolute atomic E-state index is 5.83. The third-order valence-electron chi connectivity index (χ3n) is 13.5. The predicted molar refractivity (Wildman–Crippen MR) is 236 cm³/mol. The van der Waals surface area contributed by atoms with E-state index in [0.29, 0.717) is 5.92 Å². The van der Waals surface area contributed by atoms with Gasteiger partial charge in [0.15, 0.2) is 0 Å². The van der Waals surface area contributed by atoms with Gasteiger partial charge in [0.2, 0.25) is 0 Å². The highest BCUT2D eigenvalue weighted by molar-refractivity contribution is 6.19. The van der Waals surface area contributed by atoms with Gasteiger partial charge in [0.25, 0.3) is 0 Å². The van der Waals surface area contributed by atoms with E-state index in [2.05, 4.69) is 173 Å². The smallest absolute Gasteiger partial charge is 0.126 e. The van der Waals surface area contributed by atoms with Gasteiger partial charge in [-0.3, -0.25) is 4.99 Å². The lowest BCUT2D eigenvalue weighted by atomic mass is 9.87. The quantitative estimate of drug-likeness (QED) is 0.169. The van der Waals surface area contributed by atoms with Gasteiger partial charge in [-0.2, -0.15) is 0 Å². The van der Waals surface area contributed by atoms with Gasteiger partial charge >= 0.3 is 0 Å². The molecule has 0 amide bonds. The van der Waals surface area contributed by atoms with Crippen LogP contribution in [-0.4, -0.2) is 9.13 Å². The Labute approximate surface area is 330 Å². The summed E-state index contributed by atoms with van der Waals surface area (Å²) in [6, 6.07) is 61.4. The molecule has 0 radical (unpaired) electrons. The molecule has 3 nitrogen and oxygen atoms in total. The Balaban J connectivity index is 1.14. The van der Waals surface area contributed by atoms with Crippen LogP contribution >= 0.6 is 0 Å². The Kier molecular flexibility index (Phi) is 6.57. The van der Waals surface area contributed by atoms with Crippen molar-refractivity contribution in [3.8, 4) is 22.3 Å². The predicted octanol–water partition coefficient (Wildman–Crippen LogP) is 12.4. The number of fused-ring (bicyclic) bond motifs is 15. The summed E-state index contributed by atoms with van der Waals surface area (Å²) in [5.74, 6) is 0.362. The molecule has 0 saturated carbocycles. The zero-order valence-corrected chi connectivity index (χ0v) is 31.6. The Morgan fingerprint density at radius 3 is 2.04 bits per heavy atom. The summed E-state index contributed by atoms with van der Waals surface area (Å²) in [6.07, 6.45) is 5.03. The standard InChI is InChI=1S/C54H39N3/c1-3-16-35-33(14-1)28-30-39-40-31-29-34-15-2-4-17-36(34)54-52(40)43(51(35)39)32-49-53(54)42-21-8-12-25-48(42)57(49)50-27-13-26-47(41-20-5-9-22-44(41)55-50)56-45-23-10-6-18-37(45)38-19-7-11-24-46(38)56/h1-12,14-25,28,30,32,40,50H,13,26-27,29,31H2/b47-41+,55-44-. The van der Waals surface area contributed by atoms with Crippen LogP contribution in [0.4, 0.5) is 0 Å². The van der Waals surface area contributed by atoms with E-state index in [1.54, 1.807) is 0 Å². The van der Waals surface area contributed by atoms with Crippen LogP contribution in [-0.2, 0) is 6.42 Å². The summed E-state index contributed by atoms with van der Waals surface area (Å²) in [5.41, 5.74) is 16.5. The van der Waals surface area contributed by atoms with Crippen molar-refractivity contribution in [2.75, 3.05) is 0 Å². The molecule has 3 heteroatoms. The van der Waals surface area contributed by atoms with Gasteiger partial charge in [-0.05, 0) is 112 Å². The fraction of sp³-hybridized carbons (Fsp3) is 0.130. The SMILES string of the molecule is c1ccc2c(c1)CCC1c3ccc4ccccc4c3-c3cc4c(c-2c31)c1ccccc1n4C1CCC/C(n2c3ccccc3c3ccccc32)=c2/cccc/c2=N/1. The second kappa shape index (κ2) is 11.9. The zero-order chi connectivity index (χ0) is 37.2. The average molecular weight is 730 g/mol. The third-order valence-corrected chi connectivity index (χ3v) is 13.5. The summed E-state index contributed by atoms with van der Waals surface area (Å²) < 4.78 is 5.14. The van der Waals surface area contributed by atoms with Crippen LogP contribution in [0.1, 0.15) is 54.5 Å². The van der Waals surface area contributed by atoms with Crippen LogP contribution in [0.5, 0.6) is 0 Å². The molecule has 0 saturated heterocycles. The van der Waals surface area contributed by atoms with E-state index in [0.717, 1.165) is 37.5 Å². The molecule has 2 aliphatic carbocycles. The van der Waals surface area contributed by atoms with Crippen LogP contribution in [0.25, 0.3) is 82.3 Å². The third kappa shape index (κ3) is 4.34. The highest BCUT2D eigenvalue weighted by Crippen LogP contribution is 2.58. The molecular weight excluding hydrogens is 691 g/mol. The van der Waals surface area contributed by atoms with E-state index >= 15 is 0 Å². The molecule has 0 bridgehead atoms. The second-order valence-corrected chi connectivity index (χ2v) is 16.3. The minimum absolute atomic E-state index is 0.0660. The minimum atomic E-state index is -0.0660. The number of hydrogen-bond donors (Lipinski definition) is 0. The number of nitrogens with zero attached hydrogens (tertiary/aromatic N) is 3. The highest BCUT2D eigenvalue weighted by atomic mass is 15.1. The Bertz CT molecular complexity index is 3420. The lowest BCUT2D eigenvalue weighted by Crippen LogP contribution is -2.32. The summed E-state index contributed by atoms with van der Waals surface area (Å²) in [4.78, 5) is 5.83. The van der Waals surface area contributed by atoms with Crippen molar-refractivity contribution in [2.24, 2.45) is 4.99 Å². The number of para-hydroxylation sites is 4. The summed E-state index contributed by atoms with van der Waals surface area (Å²) in [6.45, 7) is 0. The molecule has 8 aromatic carbocycles. The largest absolute Gasteiger partial charge is 0.317 e. The molecule has 0 N–H and O–H groups in total. The Morgan fingerprint density at radius 2 is 1.19 bits per heavy atom. The lowest BCUT2D eigenvalue weighted by molar-refractivity contribution is 0.482. The van der Waals surface area contributed by atoms with Crippen molar-refractivity contribution in [2.45, 2.75) is 44.2 Å². The van der Waals surface area contributed by atoms with E-state index in [1.165, 1.54) is 104 Å². The van der Waals surface area contributed by atoms with Crippen LogP contribution in [0, 0.1) is 0 Å². The van der Waals surface area contributed by atoms with Crippen molar-refractivity contribution in [1.29, 1.82) is 0 Å². The molecule has 2 atom stereocenters. The normalized spacial score (nSPS) is 18.8. The van der Waals surface area contributed by atoms with Crippen molar-refractivity contribution in [3.63, 3.8) is 0 Å². The maximum Gasteiger partial charge on any atom is 0.126 e. The highest BCUT2D eigenvalue weighted by Gasteiger charge is 2.37. The van der Waals surface area contributed by atoms with Crippen molar-refractivity contribution in [3.05, 3.63) is 191 Å². The lowest BCUT2D eigenvalue weighted by Gasteiger charge is -2.22. The van der Waals surface area contributed by atoms with Gasteiger partial charge in [0.05, 0.1) is 27.4 Å². The first-order valence-electron chi connectivity index (χ1n) is 20.7. The molecular formula is C54H39N3. The number of aryl methyl sites for hydroxylation is 1. The molecule has 10 aromatic rings. The summed E-state index contributed by atoms with van der Waals surface area (Å²) in [5, 5.41) is 10.2. The van der Waals surface area contributed by atoms with Gasteiger partial charge < -0.3 is 9.13 Å². The second-order valence-electron chi connectivity index (χ2n) is 16.3. The van der Waals surface area contributed by atoms with Crippen LogP contribution in [0.15, 0.2) is 169 Å². The van der Waals surface area contributed by atoms with Gasteiger partial charge in [-0.25, -0.2) is 0 Å². The molecule has 13 rings (SSSR count). The molecule has 2 aromatic heterocycles. The fourth-order valence-electron chi connectivity index (χ4n) is 11.2. The van der Waals surface area contributed by atoms with E-state index in [4.69, 9.17) is 4.99 Å². The molecule has 0 spiro atoms. The average Bonchev–Trinajstić information content (AvgIpc) is 3.84. The van der Waals surface area contributed by atoms with Gasteiger partial charge in [0, 0.05) is 38.4 Å². The van der Waals surface area contributed by atoms with Crippen molar-refractivity contribution in [1.82, 2.24) is 9.13 Å². The molecule has 1 aliphatic heterocycles. The molecule has 3 aliphatic rings. The van der Waals surface area contributed by atoms with Gasteiger partial charge in [-0.15, -0.1) is 0 Å². The zero-order valence-electron chi connectivity index (χ0n) is 31.6. The van der Waals surface area contributed by atoms with Crippen molar-refractivity contribution >= 4 is 60.1 Å². The van der Waals surface area contributed by atoms with Gasteiger partial charge in [-0.1, -0.05) is 133 Å². The minimum Gasteiger partial charge on any atom is -0.317 e. The number of aromatic nitrogens is 2. The van der Waals surface area contributed by atoms with E-state index in [-0.39, 0.29) is 6.17 Å². The van der Waals surface area contributed by atoms with Crippen LogP contribution in [0.3, 0.4) is 0 Å². The van der Waals surface area contributed by atoms with E-state index < -0.39 is 0 Å². The number of rotatable bonds is 2. The Morgan fingerprint density at radius 1 is 0.509 bits per heavy atom. The molecule has 57 heavy (non-hydrogen) atoms. The van der Waals surface area contributed by atoms with Gasteiger partial charge in [0.1, 0.15) is 6.17 Å². The summed E-state index contributed by atoms with van der Waals surface area (Å²) >= 11 is 0. The first kappa shape index (κ1) is 31.5. The number of hydrogen-bond acceptors (Lipinski definition) is 1.